The molecule has 0 spiro atoms. The van der Waals surface area contributed by atoms with Crippen molar-refractivity contribution in [2.24, 2.45) is 5.73 Å². The topological polar surface area (TPSA) is 68.0 Å². The SMILES string of the molecule is Cc1ccc(C#CCN)c(C(=O)Nc2nc(C)cs2)c1. The van der Waals surface area contributed by atoms with Crippen molar-refractivity contribution in [2.45, 2.75) is 13.8 Å². The molecule has 20 heavy (non-hydrogen) atoms. The number of amides is 1. The Bertz CT molecular complexity index is 695. The van der Waals surface area contributed by atoms with Crippen LogP contribution in [0.5, 0.6) is 0 Å². The molecule has 3 N–H and O–H groups in total. The van der Waals surface area contributed by atoms with Gasteiger partial charge in [-0.2, -0.15) is 0 Å². The molecule has 0 aliphatic carbocycles. The number of carbonyl (C=O) groups excluding carboxylic acids is 1. The van der Waals surface area contributed by atoms with Crippen molar-refractivity contribution < 1.29 is 4.79 Å². The third kappa shape index (κ3) is 3.44. The van der Waals surface area contributed by atoms with Crippen molar-refractivity contribution in [2.75, 3.05) is 11.9 Å². The van der Waals surface area contributed by atoms with Crippen LogP contribution in [0.1, 0.15) is 27.2 Å². The zero-order valence-corrected chi connectivity index (χ0v) is 12.2. The molecule has 0 radical (unpaired) electrons. The Balaban J connectivity index is 2.30. The summed E-state index contributed by atoms with van der Waals surface area (Å²) in [5, 5.41) is 5.27. The summed E-state index contributed by atoms with van der Waals surface area (Å²) in [7, 11) is 0. The quantitative estimate of drug-likeness (QED) is 0.832. The molecule has 1 aromatic heterocycles. The fraction of sp³-hybridized carbons (Fsp3) is 0.200. The maximum absolute atomic E-state index is 12.3. The molecule has 1 amide bonds. The summed E-state index contributed by atoms with van der Waals surface area (Å²) in [4.78, 5) is 16.5. The minimum Gasteiger partial charge on any atom is -0.320 e. The average Bonchev–Trinajstić information content (AvgIpc) is 2.82. The van der Waals surface area contributed by atoms with E-state index in [1.165, 1.54) is 11.3 Å². The summed E-state index contributed by atoms with van der Waals surface area (Å²) in [6, 6.07) is 5.57. The number of hydrogen-bond donors (Lipinski definition) is 2. The summed E-state index contributed by atoms with van der Waals surface area (Å²) in [6.07, 6.45) is 0. The molecular formula is C15H15N3OS. The van der Waals surface area contributed by atoms with Gasteiger partial charge in [-0.1, -0.05) is 23.5 Å². The number of aryl methyl sites for hydroxylation is 2. The third-order valence-corrected chi connectivity index (χ3v) is 3.46. The first-order valence-electron chi connectivity index (χ1n) is 6.13. The highest BCUT2D eigenvalue weighted by Crippen LogP contribution is 2.17. The van der Waals surface area contributed by atoms with E-state index in [1.54, 1.807) is 0 Å². The van der Waals surface area contributed by atoms with Gasteiger partial charge < -0.3 is 5.73 Å². The molecule has 1 heterocycles. The van der Waals surface area contributed by atoms with Crippen LogP contribution in [0.3, 0.4) is 0 Å². The normalized spacial score (nSPS) is 9.75. The van der Waals surface area contributed by atoms with Crippen LogP contribution in [0, 0.1) is 25.7 Å². The summed E-state index contributed by atoms with van der Waals surface area (Å²) in [5.41, 5.74) is 8.48. The molecule has 0 bridgehead atoms. The standard InChI is InChI=1S/C15H15N3OS/c1-10-5-6-12(4-3-7-16)13(8-10)14(19)18-15-17-11(2)9-20-15/h5-6,8-9H,7,16H2,1-2H3,(H,17,18,19). The Hall–Kier alpha value is -2.16. The number of nitrogens with one attached hydrogen (secondary N) is 1. The number of nitrogens with two attached hydrogens (primary N) is 1. The maximum atomic E-state index is 12.3. The van der Waals surface area contributed by atoms with Crippen LogP contribution in [0.4, 0.5) is 5.13 Å². The molecule has 0 unspecified atom stereocenters. The fourth-order valence-electron chi connectivity index (χ4n) is 1.68. The molecule has 2 aromatic rings. The number of benzene rings is 1. The first kappa shape index (κ1) is 14.3. The van der Waals surface area contributed by atoms with Crippen LogP contribution < -0.4 is 11.1 Å². The van der Waals surface area contributed by atoms with E-state index in [9.17, 15) is 4.79 Å². The predicted octanol–water partition coefficient (Wildman–Crippen LogP) is 2.32. The number of nitrogens with zero attached hydrogens (tertiary/aromatic N) is 1. The van der Waals surface area contributed by atoms with Gasteiger partial charge >= 0.3 is 0 Å². The molecule has 0 atom stereocenters. The zero-order chi connectivity index (χ0) is 14.5. The summed E-state index contributed by atoms with van der Waals surface area (Å²) in [5.74, 6) is 5.49. The molecular weight excluding hydrogens is 270 g/mol. The number of rotatable bonds is 2. The van der Waals surface area contributed by atoms with E-state index in [1.807, 2.05) is 37.4 Å². The summed E-state index contributed by atoms with van der Waals surface area (Å²) < 4.78 is 0. The van der Waals surface area contributed by atoms with Crippen LogP contribution in [0.2, 0.25) is 0 Å². The van der Waals surface area contributed by atoms with Gasteiger partial charge in [0.05, 0.1) is 17.8 Å². The molecule has 0 saturated carbocycles. The van der Waals surface area contributed by atoms with E-state index in [2.05, 4.69) is 22.1 Å². The van der Waals surface area contributed by atoms with Crippen LogP contribution >= 0.6 is 11.3 Å². The lowest BCUT2D eigenvalue weighted by molar-refractivity contribution is 0.102. The Morgan fingerprint density at radius 1 is 1.45 bits per heavy atom. The highest BCUT2D eigenvalue weighted by atomic mass is 32.1. The molecule has 0 aliphatic heterocycles. The number of aromatic nitrogens is 1. The number of carbonyl (C=O) groups is 1. The van der Waals surface area contributed by atoms with Gasteiger partial charge in [-0.15, -0.1) is 11.3 Å². The van der Waals surface area contributed by atoms with Gasteiger partial charge in [0.1, 0.15) is 0 Å². The van der Waals surface area contributed by atoms with Crippen molar-refractivity contribution >= 4 is 22.4 Å². The number of hydrogen-bond acceptors (Lipinski definition) is 4. The molecule has 0 fully saturated rings. The Kier molecular flexibility index (Phi) is 4.51. The largest absolute Gasteiger partial charge is 0.320 e. The molecule has 0 saturated heterocycles. The Labute approximate surface area is 122 Å². The monoisotopic (exact) mass is 285 g/mol. The van der Waals surface area contributed by atoms with Gasteiger partial charge in [-0.3, -0.25) is 10.1 Å². The van der Waals surface area contributed by atoms with E-state index in [-0.39, 0.29) is 12.5 Å². The second kappa shape index (κ2) is 6.33. The summed E-state index contributed by atoms with van der Waals surface area (Å²) in [6.45, 7) is 4.09. The lowest BCUT2D eigenvalue weighted by Crippen LogP contribution is -2.13. The van der Waals surface area contributed by atoms with Crippen molar-refractivity contribution in [3.63, 3.8) is 0 Å². The molecule has 102 valence electrons. The zero-order valence-electron chi connectivity index (χ0n) is 11.4. The van der Waals surface area contributed by atoms with Gasteiger partial charge in [-0.25, -0.2) is 4.98 Å². The fourth-order valence-corrected chi connectivity index (χ4v) is 2.36. The second-order valence-electron chi connectivity index (χ2n) is 4.30. The van der Waals surface area contributed by atoms with E-state index in [4.69, 9.17) is 5.73 Å². The van der Waals surface area contributed by atoms with Gasteiger partial charge in [-0.05, 0) is 26.0 Å². The van der Waals surface area contributed by atoms with E-state index in [0.29, 0.717) is 16.3 Å². The predicted molar refractivity (Wildman–Crippen MR) is 81.9 cm³/mol. The van der Waals surface area contributed by atoms with E-state index in [0.717, 1.165) is 11.3 Å². The van der Waals surface area contributed by atoms with Crippen molar-refractivity contribution in [3.05, 3.63) is 46.0 Å². The Morgan fingerprint density at radius 3 is 2.90 bits per heavy atom. The molecule has 2 rings (SSSR count). The van der Waals surface area contributed by atoms with Crippen LogP contribution in [-0.4, -0.2) is 17.4 Å². The molecule has 4 nitrogen and oxygen atoms in total. The maximum Gasteiger partial charge on any atom is 0.258 e. The van der Waals surface area contributed by atoms with E-state index >= 15 is 0 Å². The highest BCUT2D eigenvalue weighted by Gasteiger charge is 2.12. The highest BCUT2D eigenvalue weighted by molar-refractivity contribution is 7.13. The first-order chi connectivity index (χ1) is 9.60. The van der Waals surface area contributed by atoms with Crippen LogP contribution in [-0.2, 0) is 0 Å². The van der Waals surface area contributed by atoms with Crippen molar-refractivity contribution in [3.8, 4) is 11.8 Å². The van der Waals surface area contributed by atoms with Gasteiger partial charge in [0.25, 0.3) is 5.91 Å². The number of thiazole rings is 1. The van der Waals surface area contributed by atoms with Gasteiger partial charge in [0.15, 0.2) is 5.13 Å². The minimum absolute atomic E-state index is 0.204. The van der Waals surface area contributed by atoms with Gasteiger partial charge in [0, 0.05) is 10.9 Å². The molecule has 0 aliphatic rings. The van der Waals surface area contributed by atoms with Crippen molar-refractivity contribution in [1.82, 2.24) is 4.98 Å². The summed E-state index contributed by atoms with van der Waals surface area (Å²) >= 11 is 1.40. The lowest BCUT2D eigenvalue weighted by Gasteiger charge is -2.06. The smallest absolute Gasteiger partial charge is 0.258 e. The molecule has 5 heteroatoms. The third-order valence-electron chi connectivity index (χ3n) is 2.58. The average molecular weight is 285 g/mol. The Morgan fingerprint density at radius 2 is 2.25 bits per heavy atom. The van der Waals surface area contributed by atoms with Gasteiger partial charge in [0.2, 0.25) is 0 Å². The van der Waals surface area contributed by atoms with Crippen LogP contribution in [0.15, 0.2) is 23.6 Å². The second-order valence-corrected chi connectivity index (χ2v) is 5.16. The van der Waals surface area contributed by atoms with Crippen molar-refractivity contribution in [1.29, 1.82) is 0 Å². The first-order valence-corrected chi connectivity index (χ1v) is 7.01. The van der Waals surface area contributed by atoms with E-state index < -0.39 is 0 Å². The molecule has 1 aromatic carbocycles. The number of anilines is 1. The lowest BCUT2D eigenvalue weighted by atomic mass is 10.0. The van der Waals surface area contributed by atoms with Crippen LogP contribution in [0.25, 0.3) is 0 Å². The minimum atomic E-state index is -0.204.